The van der Waals surface area contributed by atoms with E-state index in [1.807, 2.05) is 23.9 Å². The fraction of sp³-hybridized carbons (Fsp3) is 0.273. The third kappa shape index (κ3) is 1.57. The normalized spacial score (nSPS) is 11.2. The number of aromatic nitrogens is 6. The van der Waals surface area contributed by atoms with E-state index in [-0.39, 0.29) is 0 Å². The van der Waals surface area contributed by atoms with E-state index in [9.17, 15) is 0 Å². The molecule has 0 fully saturated rings. The molecule has 0 aliphatic heterocycles. The van der Waals surface area contributed by atoms with E-state index in [2.05, 4.69) is 27.1 Å². The van der Waals surface area contributed by atoms with Crippen molar-refractivity contribution in [2.24, 2.45) is 0 Å². The Hall–Kier alpha value is -2.24. The molecule has 0 saturated carbocycles. The first-order valence-electron chi connectivity index (χ1n) is 5.49. The first-order valence-corrected chi connectivity index (χ1v) is 5.49. The van der Waals surface area contributed by atoms with Gasteiger partial charge in [-0.15, -0.1) is 0 Å². The third-order valence-corrected chi connectivity index (χ3v) is 2.61. The highest BCUT2D eigenvalue weighted by molar-refractivity contribution is 5.58. The highest BCUT2D eigenvalue weighted by Gasteiger charge is 2.07. The molecule has 0 radical (unpaired) electrons. The van der Waals surface area contributed by atoms with E-state index in [0.717, 1.165) is 23.6 Å². The highest BCUT2D eigenvalue weighted by Crippen LogP contribution is 2.17. The minimum Gasteiger partial charge on any atom is -0.265 e. The largest absolute Gasteiger partial charge is 0.265 e. The molecule has 0 spiro atoms. The number of fused-ring (bicyclic) bond motifs is 1. The summed E-state index contributed by atoms with van der Waals surface area (Å²) in [5.41, 5.74) is 2.02. The van der Waals surface area contributed by atoms with Gasteiger partial charge in [0.1, 0.15) is 5.82 Å². The number of aryl methyl sites for hydroxylation is 2. The molecular formula is C11H12N6. The first kappa shape index (κ1) is 9.95. The summed E-state index contributed by atoms with van der Waals surface area (Å²) in [6.07, 6.45) is 5.51. The lowest BCUT2D eigenvalue weighted by atomic mass is 10.2. The summed E-state index contributed by atoms with van der Waals surface area (Å²) < 4.78 is 3.62. The molecule has 3 aromatic heterocycles. The van der Waals surface area contributed by atoms with E-state index in [1.165, 1.54) is 0 Å². The lowest BCUT2D eigenvalue weighted by molar-refractivity contribution is 0.666. The van der Waals surface area contributed by atoms with Crippen LogP contribution in [-0.2, 0) is 6.54 Å². The van der Waals surface area contributed by atoms with Crippen molar-refractivity contribution in [3.8, 4) is 11.3 Å². The van der Waals surface area contributed by atoms with Gasteiger partial charge >= 0.3 is 0 Å². The van der Waals surface area contributed by atoms with Crippen LogP contribution in [0.5, 0.6) is 0 Å². The fourth-order valence-electron chi connectivity index (χ4n) is 1.85. The Morgan fingerprint density at radius 3 is 3.06 bits per heavy atom. The number of nitrogens with zero attached hydrogens (tertiary/aromatic N) is 6. The highest BCUT2D eigenvalue weighted by atomic mass is 15.3. The molecule has 0 aliphatic rings. The molecule has 6 nitrogen and oxygen atoms in total. The predicted octanol–water partition coefficient (Wildman–Crippen LogP) is 1.32. The van der Waals surface area contributed by atoms with E-state index >= 15 is 0 Å². The summed E-state index contributed by atoms with van der Waals surface area (Å²) >= 11 is 0. The monoisotopic (exact) mass is 228 g/mol. The Kier molecular flexibility index (Phi) is 2.14. The Morgan fingerprint density at radius 2 is 2.24 bits per heavy atom. The maximum absolute atomic E-state index is 4.28. The molecule has 86 valence electrons. The van der Waals surface area contributed by atoms with E-state index in [1.54, 1.807) is 16.9 Å². The molecule has 3 rings (SSSR count). The van der Waals surface area contributed by atoms with Gasteiger partial charge in [0.15, 0.2) is 0 Å². The maximum Gasteiger partial charge on any atom is 0.252 e. The summed E-state index contributed by atoms with van der Waals surface area (Å²) in [6, 6.07) is 1.97. The van der Waals surface area contributed by atoms with E-state index < -0.39 is 0 Å². The Bertz CT molecular complexity index is 665. The molecule has 0 amide bonds. The number of hydrogen-bond acceptors (Lipinski definition) is 4. The molecule has 17 heavy (non-hydrogen) atoms. The van der Waals surface area contributed by atoms with Crippen LogP contribution in [0.2, 0.25) is 0 Å². The van der Waals surface area contributed by atoms with Gasteiger partial charge in [0, 0.05) is 30.7 Å². The van der Waals surface area contributed by atoms with Crippen LogP contribution >= 0.6 is 0 Å². The van der Waals surface area contributed by atoms with Gasteiger partial charge in [-0.1, -0.05) is 0 Å². The maximum atomic E-state index is 4.28. The van der Waals surface area contributed by atoms with Crippen molar-refractivity contribution < 1.29 is 0 Å². The SMILES string of the molecule is CCn1nccc1-c1cnc2nc(C)nn2c1. The summed E-state index contributed by atoms with van der Waals surface area (Å²) in [5.74, 6) is 1.34. The van der Waals surface area contributed by atoms with Gasteiger partial charge in [0.25, 0.3) is 5.78 Å². The Morgan fingerprint density at radius 1 is 1.35 bits per heavy atom. The molecule has 3 aromatic rings. The third-order valence-electron chi connectivity index (χ3n) is 2.61. The average molecular weight is 228 g/mol. The average Bonchev–Trinajstić information content (AvgIpc) is 2.91. The van der Waals surface area contributed by atoms with Crippen molar-refractivity contribution in [1.29, 1.82) is 0 Å². The molecule has 0 aliphatic carbocycles. The zero-order valence-corrected chi connectivity index (χ0v) is 9.70. The molecule has 0 saturated heterocycles. The van der Waals surface area contributed by atoms with Gasteiger partial charge in [-0.3, -0.25) is 4.68 Å². The number of hydrogen-bond donors (Lipinski definition) is 0. The zero-order chi connectivity index (χ0) is 11.8. The minimum absolute atomic E-state index is 0.619. The molecule has 0 atom stereocenters. The van der Waals surface area contributed by atoms with Crippen LogP contribution in [0.3, 0.4) is 0 Å². The molecule has 0 N–H and O–H groups in total. The molecular weight excluding hydrogens is 216 g/mol. The summed E-state index contributed by atoms with van der Waals surface area (Å²) in [6.45, 7) is 4.74. The lowest BCUT2D eigenvalue weighted by Gasteiger charge is -2.03. The predicted molar refractivity (Wildman–Crippen MR) is 62.4 cm³/mol. The van der Waals surface area contributed by atoms with Crippen LogP contribution in [0.4, 0.5) is 0 Å². The van der Waals surface area contributed by atoms with Crippen molar-refractivity contribution in [2.45, 2.75) is 20.4 Å². The van der Waals surface area contributed by atoms with Gasteiger partial charge < -0.3 is 0 Å². The quantitative estimate of drug-likeness (QED) is 0.663. The van der Waals surface area contributed by atoms with Crippen LogP contribution in [0.15, 0.2) is 24.7 Å². The second kappa shape index (κ2) is 3.65. The molecule has 0 bridgehead atoms. The molecule has 6 heteroatoms. The lowest BCUT2D eigenvalue weighted by Crippen LogP contribution is -2.00. The Balaban J connectivity index is 2.17. The van der Waals surface area contributed by atoms with Gasteiger partial charge in [0.05, 0.1) is 5.69 Å². The Labute approximate surface area is 97.9 Å². The van der Waals surface area contributed by atoms with Gasteiger partial charge in [-0.05, 0) is 19.9 Å². The van der Waals surface area contributed by atoms with Crippen molar-refractivity contribution in [2.75, 3.05) is 0 Å². The fourth-order valence-corrected chi connectivity index (χ4v) is 1.85. The smallest absolute Gasteiger partial charge is 0.252 e. The zero-order valence-electron chi connectivity index (χ0n) is 9.70. The summed E-state index contributed by atoms with van der Waals surface area (Å²) in [4.78, 5) is 8.48. The van der Waals surface area contributed by atoms with Crippen LogP contribution in [0.1, 0.15) is 12.7 Å². The van der Waals surface area contributed by atoms with E-state index in [0.29, 0.717) is 5.78 Å². The van der Waals surface area contributed by atoms with Gasteiger partial charge in [0.2, 0.25) is 0 Å². The molecule has 0 unspecified atom stereocenters. The van der Waals surface area contributed by atoms with Crippen LogP contribution in [0.25, 0.3) is 17.0 Å². The second-order valence-electron chi connectivity index (χ2n) is 3.78. The van der Waals surface area contributed by atoms with E-state index in [4.69, 9.17) is 0 Å². The number of rotatable bonds is 2. The second-order valence-corrected chi connectivity index (χ2v) is 3.78. The minimum atomic E-state index is 0.619. The molecule has 3 heterocycles. The topological polar surface area (TPSA) is 60.9 Å². The van der Waals surface area contributed by atoms with Gasteiger partial charge in [-0.25, -0.2) is 9.50 Å². The first-order chi connectivity index (χ1) is 8.28. The standard InChI is InChI=1S/C11H12N6/c1-3-16-10(4-5-13-16)9-6-12-11-14-8(2)15-17(11)7-9/h4-7H,3H2,1-2H3. The van der Waals surface area contributed by atoms with Crippen molar-refractivity contribution in [3.63, 3.8) is 0 Å². The van der Waals surface area contributed by atoms with Crippen molar-refractivity contribution >= 4 is 5.78 Å². The summed E-state index contributed by atoms with van der Waals surface area (Å²) in [7, 11) is 0. The van der Waals surface area contributed by atoms with Crippen LogP contribution in [-0.4, -0.2) is 29.4 Å². The summed E-state index contributed by atoms with van der Waals surface area (Å²) in [5, 5.41) is 8.49. The molecule has 0 aromatic carbocycles. The van der Waals surface area contributed by atoms with Crippen molar-refractivity contribution in [3.05, 3.63) is 30.5 Å². The van der Waals surface area contributed by atoms with Gasteiger partial charge in [-0.2, -0.15) is 15.2 Å². The van der Waals surface area contributed by atoms with Crippen LogP contribution in [0, 0.1) is 6.92 Å². The van der Waals surface area contributed by atoms with Crippen LogP contribution < -0.4 is 0 Å². The van der Waals surface area contributed by atoms with Crippen molar-refractivity contribution in [1.82, 2.24) is 29.4 Å².